The van der Waals surface area contributed by atoms with Crippen LogP contribution >= 0.6 is 0 Å². The summed E-state index contributed by atoms with van der Waals surface area (Å²) in [6.45, 7) is 2.97. The van der Waals surface area contributed by atoms with Gasteiger partial charge in [-0.3, -0.25) is 0 Å². The summed E-state index contributed by atoms with van der Waals surface area (Å²) in [7, 11) is 1.90. The third kappa shape index (κ3) is 4.65. The molecule has 108 valence electrons. The molecule has 1 saturated heterocycles. The second kappa shape index (κ2) is 8.31. The Labute approximate surface area is 121 Å². The number of hydrogen-bond acceptors (Lipinski definition) is 3. The van der Waals surface area contributed by atoms with E-state index in [0.29, 0.717) is 6.61 Å². The van der Waals surface area contributed by atoms with Crippen LogP contribution in [-0.4, -0.2) is 31.6 Å². The Kier molecular flexibility index (Phi) is 6.03. The van der Waals surface area contributed by atoms with Crippen LogP contribution in [0, 0.1) is 0 Å². The lowest BCUT2D eigenvalue weighted by Crippen LogP contribution is -2.23. The van der Waals surface area contributed by atoms with E-state index in [1.165, 1.54) is 32.4 Å². The summed E-state index contributed by atoms with van der Waals surface area (Å²) in [6, 6.07) is 7.96. The first kappa shape index (κ1) is 14.5. The number of allylic oxidation sites excluding steroid dienone is 2. The molecule has 1 aromatic carbocycles. The standard InChI is InChI=1S/C17H24N2O/c1-18-16-10-4-5-11-17(16)20-15-9-3-8-14-19-12-6-2-7-13-19/h3-5,8-11,14,18H,2,6-7,12-13,15H2,1H3/b9-3+,14-8+. The van der Waals surface area contributed by atoms with Crippen molar-refractivity contribution in [3.63, 3.8) is 0 Å². The molecule has 0 radical (unpaired) electrons. The van der Waals surface area contributed by atoms with Gasteiger partial charge < -0.3 is 15.0 Å². The van der Waals surface area contributed by atoms with Crippen LogP contribution in [0.2, 0.25) is 0 Å². The highest BCUT2D eigenvalue weighted by Crippen LogP contribution is 2.22. The van der Waals surface area contributed by atoms with Crippen molar-refractivity contribution in [2.45, 2.75) is 19.3 Å². The fourth-order valence-corrected chi connectivity index (χ4v) is 2.31. The summed E-state index contributed by atoms with van der Waals surface area (Å²) in [5, 5.41) is 3.12. The normalized spacial score (nSPS) is 15.9. The van der Waals surface area contributed by atoms with E-state index in [2.05, 4.69) is 28.6 Å². The maximum atomic E-state index is 5.72. The molecule has 20 heavy (non-hydrogen) atoms. The molecule has 1 N–H and O–H groups in total. The van der Waals surface area contributed by atoms with Gasteiger partial charge in [0.05, 0.1) is 5.69 Å². The Bertz CT molecular complexity index is 448. The van der Waals surface area contributed by atoms with Gasteiger partial charge >= 0.3 is 0 Å². The second-order valence-electron chi connectivity index (χ2n) is 4.92. The fourth-order valence-electron chi connectivity index (χ4n) is 2.31. The summed E-state index contributed by atoms with van der Waals surface area (Å²) in [5.41, 5.74) is 1.02. The van der Waals surface area contributed by atoms with Crippen LogP contribution in [0.3, 0.4) is 0 Å². The van der Waals surface area contributed by atoms with Crippen molar-refractivity contribution in [1.82, 2.24) is 4.90 Å². The van der Waals surface area contributed by atoms with Crippen molar-refractivity contribution >= 4 is 5.69 Å². The summed E-state index contributed by atoms with van der Waals surface area (Å²) in [6.07, 6.45) is 12.4. The van der Waals surface area contributed by atoms with Crippen molar-refractivity contribution in [3.8, 4) is 5.75 Å². The third-order valence-electron chi connectivity index (χ3n) is 3.43. The molecule has 0 aromatic heterocycles. The van der Waals surface area contributed by atoms with Crippen molar-refractivity contribution in [1.29, 1.82) is 0 Å². The number of likely N-dealkylation sites (tertiary alicyclic amines) is 1. The number of ether oxygens (including phenoxy) is 1. The lowest BCUT2D eigenvalue weighted by atomic mass is 10.1. The molecule has 0 spiro atoms. The van der Waals surface area contributed by atoms with E-state index in [-0.39, 0.29) is 0 Å². The van der Waals surface area contributed by atoms with Crippen LogP contribution in [0.15, 0.2) is 48.7 Å². The van der Waals surface area contributed by atoms with Crippen molar-refractivity contribution in [2.24, 2.45) is 0 Å². The van der Waals surface area contributed by atoms with Gasteiger partial charge in [0.1, 0.15) is 12.4 Å². The SMILES string of the molecule is CNc1ccccc1OC/C=C/C=C/N1CCCCC1. The molecular weight excluding hydrogens is 248 g/mol. The molecule has 0 saturated carbocycles. The van der Waals surface area contributed by atoms with E-state index >= 15 is 0 Å². The van der Waals surface area contributed by atoms with Crippen LogP contribution in [0.1, 0.15) is 19.3 Å². The zero-order valence-corrected chi connectivity index (χ0v) is 12.2. The molecule has 0 bridgehead atoms. The number of rotatable bonds is 6. The zero-order chi connectivity index (χ0) is 14.0. The van der Waals surface area contributed by atoms with Crippen LogP contribution in [0.5, 0.6) is 5.75 Å². The van der Waals surface area contributed by atoms with Gasteiger partial charge in [-0.05, 0) is 49.7 Å². The van der Waals surface area contributed by atoms with Gasteiger partial charge in [-0.15, -0.1) is 0 Å². The highest BCUT2D eigenvalue weighted by atomic mass is 16.5. The number of benzene rings is 1. The predicted octanol–water partition coefficient (Wildman–Crippen LogP) is 3.66. The Morgan fingerprint density at radius 1 is 1.15 bits per heavy atom. The lowest BCUT2D eigenvalue weighted by Gasteiger charge is -2.24. The first-order valence-corrected chi connectivity index (χ1v) is 7.37. The van der Waals surface area contributed by atoms with E-state index in [0.717, 1.165) is 11.4 Å². The molecule has 2 rings (SSSR count). The Balaban J connectivity index is 1.72. The summed E-state index contributed by atoms with van der Waals surface area (Å²) < 4.78 is 5.72. The summed E-state index contributed by atoms with van der Waals surface area (Å²) in [5.74, 6) is 0.889. The zero-order valence-electron chi connectivity index (χ0n) is 12.2. The molecule has 3 nitrogen and oxygen atoms in total. The summed E-state index contributed by atoms with van der Waals surface area (Å²) in [4.78, 5) is 2.38. The molecule has 1 aromatic rings. The molecule has 1 fully saturated rings. The fraction of sp³-hybridized carbons (Fsp3) is 0.412. The molecule has 0 atom stereocenters. The largest absolute Gasteiger partial charge is 0.487 e. The van der Waals surface area contributed by atoms with Crippen LogP contribution in [-0.2, 0) is 0 Å². The minimum atomic E-state index is 0.586. The molecule has 1 aliphatic heterocycles. The average molecular weight is 272 g/mol. The van der Waals surface area contributed by atoms with Crippen LogP contribution in [0.4, 0.5) is 5.69 Å². The van der Waals surface area contributed by atoms with E-state index in [9.17, 15) is 0 Å². The number of piperidine rings is 1. The minimum absolute atomic E-state index is 0.586. The van der Waals surface area contributed by atoms with Gasteiger partial charge in [-0.1, -0.05) is 18.2 Å². The van der Waals surface area contributed by atoms with Crippen molar-refractivity contribution < 1.29 is 4.74 Å². The molecule has 1 heterocycles. The van der Waals surface area contributed by atoms with Gasteiger partial charge in [0, 0.05) is 20.1 Å². The average Bonchev–Trinajstić information content (AvgIpc) is 2.52. The topological polar surface area (TPSA) is 24.5 Å². The van der Waals surface area contributed by atoms with E-state index < -0.39 is 0 Å². The van der Waals surface area contributed by atoms with Crippen LogP contribution in [0.25, 0.3) is 0 Å². The van der Waals surface area contributed by atoms with Crippen molar-refractivity contribution in [3.05, 3.63) is 48.7 Å². The van der Waals surface area contributed by atoms with Crippen LogP contribution < -0.4 is 10.1 Å². The minimum Gasteiger partial charge on any atom is -0.487 e. The lowest BCUT2D eigenvalue weighted by molar-refractivity contribution is 0.309. The van der Waals surface area contributed by atoms with Gasteiger partial charge in [0.2, 0.25) is 0 Å². The maximum Gasteiger partial charge on any atom is 0.142 e. The highest BCUT2D eigenvalue weighted by Gasteiger charge is 2.04. The number of para-hydroxylation sites is 2. The van der Waals surface area contributed by atoms with E-state index in [1.54, 1.807) is 0 Å². The van der Waals surface area contributed by atoms with E-state index in [4.69, 9.17) is 4.74 Å². The van der Waals surface area contributed by atoms with Gasteiger partial charge in [0.15, 0.2) is 0 Å². The number of hydrogen-bond donors (Lipinski definition) is 1. The third-order valence-corrected chi connectivity index (χ3v) is 3.43. The molecular formula is C17H24N2O. The van der Waals surface area contributed by atoms with Gasteiger partial charge in [0.25, 0.3) is 0 Å². The molecule has 3 heteroatoms. The highest BCUT2D eigenvalue weighted by molar-refractivity contribution is 5.55. The van der Waals surface area contributed by atoms with Gasteiger partial charge in [-0.25, -0.2) is 0 Å². The molecule has 1 aliphatic rings. The first-order valence-electron chi connectivity index (χ1n) is 7.37. The number of nitrogens with zero attached hydrogens (tertiary/aromatic N) is 1. The number of nitrogens with one attached hydrogen (secondary N) is 1. The molecule has 0 aliphatic carbocycles. The summed E-state index contributed by atoms with van der Waals surface area (Å²) >= 11 is 0. The maximum absolute atomic E-state index is 5.72. The smallest absolute Gasteiger partial charge is 0.142 e. The Hall–Kier alpha value is -1.90. The monoisotopic (exact) mass is 272 g/mol. The molecule has 0 amide bonds. The Morgan fingerprint density at radius 3 is 2.75 bits per heavy atom. The second-order valence-corrected chi connectivity index (χ2v) is 4.92. The number of anilines is 1. The molecule has 0 unspecified atom stereocenters. The quantitative estimate of drug-likeness (QED) is 0.800. The predicted molar refractivity (Wildman–Crippen MR) is 85.2 cm³/mol. The van der Waals surface area contributed by atoms with E-state index in [1.807, 2.05) is 37.4 Å². The van der Waals surface area contributed by atoms with Crippen molar-refractivity contribution in [2.75, 3.05) is 32.1 Å². The first-order chi connectivity index (χ1) is 9.90. The Morgan fingerprint density at radius 2 is 1.95 bits per heavy atom. The van der Waals surface area contributed by atoms with Gasteiger partial charge in [-0.2, -0.15) is 0 Å².